The smallest absolute Gasteiger partial charge is 0.246 e. The first-order chi connectivity index (χ1) is 13.4. The van der Waals surface area contributed by atoms with E-state index in [4.69, 9.17) is 11.6 Å². The number of amides is 2. The van der Waals surface area contributed by atoms with Gasteiger partial charge in [0.15, 0.2) is 0 Å². The summed E-state index contributed by atoms with van der Waals surface area (Å²) in [6, 6.07) is 5.15. The number of halogens is 1. The van der Waals surface area contributed by atoms with Crippen molar-refractivity contribution in [1.82, 2.24) is 14.7 Å². The maximum absolute atomic E-state index is 12.7. The molecule has 1 aromatic rings. The quantitative estimate of drug-likeness (QED) is 0.749. The molecule has 1 aromatic carbocycles. The summed E-state index contributed by atoms with van der Waals surface area (Å²) in [6.45, 7) is 8.17. The third-order valence-electron chi connectivity index (χ3n) is 5.55. The Bertz CT molecular complexity index is 749. The van der Waals surface area contributed by atoms with E-state index < -0.39 is 0 Å². The summed E-state index contributed by atoms with van der Waals surface area (Å²) in [4.78, 5) is 32.2. The number of phenolic OH excluding ortho intramolecular Hbond substituents is 1. The molecule has 0 radical (unpaired) electrons. The molecule has 1 unspecified atom stereocenters. The van der Waals surface area contributed by atoms with Crippen LogP contribution in [-0.2, 0) is 9.59 Å². The van der Waals surface area contributed by atoms with E-state index in [1.807, 2.05) is 9.80 Å². The number of rotatable bonds is 5. The number of hydrogen-bond acceptors (Lipinski definition) is 5. The highest BCUT2D eigenvalue weighted by Crippen LogP contribution is 2.29. The van der Waals surface area contributed by atoms with Gasteiger partial charge < -0.3 is 19.8 Å². The molecule has 28 heavy (non-hydrogen) atoms. The minimum Gasteiger partial charge on any atom is -0.506 e. The molecule has 0 aromatic heterocycles. The molecule has 2 amide bonds. The lowest BCUT2D eigenvalue weighted by atomic mass is 10.2. The Balaban J connectivity index is 1.49. The molecular formula is C20H27ClN4O3. The van der Waals surface area contributed by atoms with Crippen LogP contribution in [0.1, 0.15) is 6.42 Å². The Labute approximate surface area is 170 Å². The standard InChI is InChI=1S/C20H27ClN4O3/c1-3-19(27)25-7-6-16(13-25)23-8-10-24(11-9-23)20(28)14-22(2)17-12-15(21)4-5-18(17)26/h3-5,12,16,26H,1,6-11,13-14H2,2H3. The number of carbonyl (C=O) groups excluding carboxylic acids is 2. The zero-order valence-corrected chi connectivity index (χ0v) is 16.9. The molecule has 2 saturated heterocycles. The van der Waals surface area contributed by atoms with E-state index in [-0.39, 0.29) is 24.1 Å². The van der Waals surface area contributed by atoms with Crippen LogP contribution in [-0.4, -0.2) is 90.5 Å². The van der Waals surface area contributed by atoms with Crippen LogP contribution in [0, 0.1) is 0 Å². The Hall–Kier alpha value is -2.25. The first kappa shape index (κ1) is 20.5. The van der Waals surface area contributed by atoms with E-state index in [9.17, 15) is 14.7 Å². The molecule has 2 aliphatic rings. The van der Waals surface area contributed by atoms with Crippen LogP contribution in [0.15, 0.2) is 30.9 Å². The molecule has 7 nitrogen and oxygen atoms in total. The van der Waals surface area contributed by atoms with E-state index in [0.29, 0.717) is 29.8 Å². The number of nitrogens with zero attached hydrogens (tertiary/aromatic N) is 4. The van der Waals surface area contributed by atoms with E-state index in [0.717, 1.165) is 32.6 Å². The minimum atomic E-state index is -0.0105. The number of carbonyl (C=O) groups is 2. The fraction of sp³-hybridized carbons (Fsp3) is 0.500. The maximum atomic E-state index is 12.7. The topological polar surface area (TPSA) is 67.3 Å². The molecule has 3 rings (SSSR count). The Morgan fingerprint density at radius 2 is 1.96 bits per heavy atom. The molecule has 2 aliphatic heterocycles. The number of benzene rings is 1. The van der Waals surface area contributed by atoms with Crippen molar-refractivity contribution in [3.8, 4) is 5.75 Å². The normalized spacial score (nSPS) is 20.3. The number of hydrogen-bond donors (Lipinski definition) is 1. The average molecular weight is 407 g/mol. The molecule has 2 fully saturated rings. The molecule has 1 N–H and O–H groups in total. The maximum Gasteiger partial charge on any atom is 0.246 e. The zero-order chi connectivity index (χ0) is 20.3. The summed E-state index contributed by atoms with van der Waals surface area (Å²) in [5.41, 5.74) is 0.539. The second-order valence-corrected chi connectivity index (χ2v) is 7.77. The molecule has 0 bridgehead atoms. The third-order valence-corrected chi connectivity index (χ3v) is 5.79. The van der Waals surface area contributed by atoms with Gasteiger partial charge in [0.25, 0.3) is 0 Å². The van der Waals surface area contributed by atoms with Gasteiger partial charge in [-0.05, 0) is 30.7 Å². The van der Waals surface area contributed by atoms with Crippen LogP contribution in [0.4, 0.5) is 5.69 Å². The first-order valence-corrected chi connectivity index (χ1v) is 9.89. The highest BCUT2D eigenvalue weighted by Gasteiger charge is 2.32. The predicted octanol–water partition coefficient (Wildman–Crippen LogP) is 1.41. The summed E-state index contributed by atoms with van der Waals surface area (Å²) in [5, 5.41) is 10.5. The molecular weight excluding hydrogens is 380 g/mol. The van der Waals surface area contributed by atoms with Crippen LogP contribution < -0.4 is 4.90 Å². The first-order valence-electron chi connectivity index (χ1n) is 9.52. The second kappa shape index (κ2) is 8.84. The second-order valence-electron chi connectivity index (χ2n) is 7.34. The van der Waals surface area contributed by atoms with Crippen LogP contribution in [0.25, 0.3) is 0 Å². The van der Waals surface area contributed by atoms with Gasteiger partial charge in [0, 0.05) is 57.4 Å². The van der Waals surface area contributed by atoms with Crippen molar-refractivity contribution in [1.29, 1.82) is 0 Å². The fourth-order valence-corrected chi connectivity index (χ4v) is 4.06. The summed E-state index contributed by atoms with van der Waals surface area (Å²) in [7, 11) is 1.77. The van der Waals surface area contributed by atoms with Gasteiger partial charge in [-0.1, -0.05) is 18.2 Å². The lowest BCUT2D eigenvalue weighted by Gasteiger charge is -2.38. The Morgan fingerprint density at radius 1 is 1.25 bits per heavy atom. The van der Waals surface area contributed by atoms with Crippen molar-refractivity contribution in [3.05, 3.63) is 35.9 Å². The molecule has 0 saturated carbocycles. The average Bonchev–Trinajstić information content (AvgIpc) is 3.19. The molecule has 0 aliphatic carbocycles. The third kappa shape index (κ3) is 4.59. The zero-order valence-electron chi connectivity index (χ0n) is 16.2. The van der Waals surface area contributed by atoms with Crippen molar-refractivity contribution in [2.75, 3.05) is 57.8 Å². The number of phenols is 1. The van der Waals surface area contributed by atoms with Crippen LogP contribution in [0.3, 0.4) is 0 Å². The van der Waals surface area contributed by atoms with Crippen LogP contribution in [0.2, 0.25) is 5.02 Å². The summed E-state index contributed by atoms with van der Waals surface area (Å²) < 4.78 is 0. The van der Waals surface area contributed by atoms with Crippen molar-refractivity contribution in [2.24, 2.45) is 0 Å². The molecule has 152 valence electrons. The monoisotopic (exact) mass is 406 g/mol. The number of anilines is 1. The molecule has 1 atom stereocenters. The number of aromatic hydroxyl groups is 1. The van der Waals surface area contributed by atoms with Crippen molar-refractivity contribution < 1.29 is 14.7 Å². The van der Waals surface area contributed by atoms with Gasteiger partial charge in [-0.15, -0.1) is 0 Å². The van der Waals surface area contributed by atoms with Crippen molar-refractivity contribution in [3.63, 3.8) is 0 Å². The van der Waals surface area contributed by atoms with Crippen molar-refractivity contribution in [2.45, 2.75) is 12.5 Å². The Morgan fingerprint density at radius 3 is 2.64 bits per heavy atom. The molecule has 0 spiro atoms. The largest absolute Gasteiger partial charge is 0.506 e. The highest BCUT2D eigenvalue weighted by molar-refractivity contribution is 6.30. The SMILES string of the molecule is C=CC(=O)N1CCC(N2CCN(C(=O)CN(C)c3cc(Cl)ccc3O)CC2)C1. The van der Waals surface area contributed by atoms with Crippen LogP contribution >= 0.6 is 11.6 Å². The molecule has 2 heterocycles. The number of likely N-dealkylation sites (tertiary alicyclic amines) is 1. The van der Waals surface area contributed by atoms with Gasteiger partial charge in [-0.25, -0.2) is 0 Å². The highest BCUT2D eigenvalue weighted by atomic mass is 35.5. The summed E-state index contributed by atoms with van der Waals surface area (Å²) in [6.07, 6.45) is 2.33. The molecule has 8 heteroatoms. The van der Waals surface area contributed by atoms with Gasteiger partial charge >= 0.3 is 0 Å². The summed E-state index contributed by atoms with van der Waals surface area (Å²) >= 11 is 5.99. The van der Waals surface area contributed by atoms with E-state index >= 15 is 0 Å². The van der Waals surface area contributed by atoms with Gasteiger partial charge in [-0.2, -0.15) is 0 Å². The lowest BCUT2D eigenvalue weighted by Crippen LogP contribution is -2.54. The van der Waals surface area contributed by atoms with E-state index in [1.54, 1.807) is 24.1 Å². The van der Waals surface area contributed by atoms with Gasteiger partial charge in [0.1, 0.15) is 5.75 Å². The van der Waals surface area contributed by atoms with Gasteiger partial charge in [0.2, 0.25) is 11.8 Å². The minimum absolute atomic E-state index is 0.0105. The number of likely N-dealkylation sites (N-methyl/N-ethyl adjacent to an activating group) is 1. The van der Waals surface area contributed by atoms with Gasteiger partial charge in [0.05, 0.1) is 12.2 Å². The van der Waals surface area contributed by atoms with Crippen LogP contribution in [0.5, 0.6) is 5.75 Å². The van der Waals surface area contributed by atoms with E-state index in [2.05, 4.69) is 11.5 Å². The lowest BCUT2D eigenvalue weighted by molar-refractivity contribution is -0.131. The summed E-state index contributed by atoms with van der Waals surface area (Å²) in [5.74, 6) is 0.115. The van der Waals surface area contributed by atoms with Crippen molar-refractivity contribution >= 4 is 29.1 Å². The van der Waals surface area contributed by atoms with Gasteiger partial charge in [-0.3, -0.25) is 14.5 Å². The Kier molecular flexibility index (Phi) is 6.46. The fourth-order valence-electron chi connectivity index (χ4n) is 3.90. The predicted molar refractivity (Wildman–Crippen MR) is 110 cm³/mol. The number of piperazine rings is 1. The van der Waals surface area contributed by atoms with E-state index in [1.165, 1.54) is 12.1 Å².